The van der Waals surface area contributed by atoms with E-state index in [0.717, 1.165) is 15.4 Å². The number of hydrogen-bond donors (Lipinski definition) is 1. The van der Waals surface area contributed by atoms with E-state index in [-0.39, 0.29) is 5.75 Å². The lowest BCUT2D eigenvalue weighted by molar-refractivity contribution is 0.471. The summed E-state index contributed by atoms with van der Waals surface area (Å²) in [6, 6.07) is 5.41. The first-order valence-corrected chi connectivity index (χ1v) is 4.69. The number of benzene rings is 1. The Hall–Kier alpha value is -0.0200. The lowest BCUT2D eigenvalue weighted by Gasteiger charge is -2.00. The van der Waals surface area contributed by atoms with E-state index in [1.165, 1.54) is 0 Å². The van der Waals surface area contributed by atoms with Crippen molar-refractivity contribution >= 4 is 31.9 Å². The van der Waals surface area contributed by atoms with Gasteiger partial charge in [-0.05, 0) is 27.6 Å². The van der Waals surface area contributed by atoms with Crippen LogP contribution in [0.3, 0.4) is 0 Å². The van der Waals surface area contributed by atoms with Crippen LogP contribution in [-0.2, 0) is 5.33 Å². The van der Waals surface area contributed by atoms with Crippen molar-refractivity contribution in [2.24, 2.45) is 0 Å². The molecular weight excluding hydrogens is 260 g/mol. The van der Waals surface area contributed by atoms with Gasteiger partial charge in [-0.1, -0.05) is 28.1 Å². The molecule has 0 bridgehead atoms. The van der Waals surface area contributed by atoms with Gasteiger partial charge >= 0.3 is 0 Å². The Balaban J connectivity index is 3.14. The Labute approximate surface area is 76.3 Å². The first-order chi connectivity index (χ1) is 4.75. The molecule has 1 aromatic rings. The summed E-state index contributed by atoms with van der Waals surface area (Å²) >= 11 is 6.56. The highest BCUT2D eigenvalue weighted by Gasteiger charge is 2.00. The molecule has 0 spiro atoms. The zero-order valence-electron chi connectivity index (χ0n) is 5.14. The number of halogens is 2. The number of phenols is 1. The van der Waals surface area contributed by atoms with Gasteiger partial charge in [0.05, 0.1) is 4.47 Å². The lowest BCUT2D eigenvalue weighted by Crippen LogP contribution is -1.78. The monoisotopic (exact) mass is 264 g/mol. The van der Waals surface area contributed by atoms with Gasteiger partial charge in [-0.15, -0.1) is 0 Å². The summed E-state index contributed by atoms with van der Waals surface area (Å²) in [7, 11) is 0. The van der Waals surface area contributed by atoms with Crippen molar-refractivity contribution < 1.29 is 5.11 Å². The molecule has 0 fully saturated rings. The highest BCUT2D eigenvalue weighted by Crippen LogP contribution is 2.28. The molecule has 0 radical (unpaired) electrons. The smallest absolute Gasteiger partial charge is 0.130 e. The summed E-state index contributed by atoms with van der Waals surface area (Å²) < 4.78 is 0.770. The van der Waals surface area contributed by atoms with E-state index in [1.807, 2.05) is 12.1 Å². The minimum absolute atomic E-state index is 0.289. The fourth-order valence-corrected chi connectivity index (χ4v) is 1.92. The maximum atomic E-state index is 9.16. The Kier molecular flexibility index (Phi) is 2.74. The van der Waals surface area contributed by atoms with Gasteiger partial charge in [0.1, 0.15) is 5.75 Å². The third-order valence-corrected chi connectivity index (χ3v) is 2.72. The van der Waals surface area contributed by atoms with E-state index < -0.39 is 0 Å². The molecule has 0 aliphatic rings. The molecule has 1 rings (SSSR count). The first kappa shape index (κ1) is 8.08. The third kappa shape index (κ3) is 1.52. The minimum atomic E-state index is 0.289. The van der Waals surface area contributed by atoms with Crippen molar-refractivity contribution in [2.75, 3.05) is 0 Å². The Morgan fingerprint density at radius 3 is 2.60 bits per heavy atom. The van der Waals surface area contributed by atoms with Crippen LogP contribution in [0.25, 0.3) is 0 Å². The molecule has 1 aromatic carbocycles. The molecule has 1 nitrogen and oxygen atoms in total. The molecule has 0 saturated heterocycles. The zero-order chi connectivity index (χ0) is 7.56. The number of phenolic OH excluding ortho intramolecular Hbond substituents is 1. The number of aromatic hydroxyl groups is 1. The maximum Gasteiger partial charge on any atom is 0.130 e. The standard InChI is InChI=1S/C7H6Br2O/c8-4-5-2-1-3-6(10)7(5)9/h1-3,10H,4H2. The SMILES string of the molecule is Oc1cccc(CBr)c1Br. The van der Waals surface area contributed by atoms with Gasteiger partial charge in [0.25, 0.3) is 0 Å². The maximum absolute atomic E-state index is 9.16. The predicted molar refractivity (Wildman–Crippen MR) is 48.4 cm³/mol. The summed E-state index contributed by atoms with van der Waals surface area (Å²) in [6.07, 6.45) is 0. The molecule has 0 aliphatic heterocycles. The van der Waals surface area contributed by atoms with E-state index in [4.69, 9.17) is 5.11 Å². The number of hydrogen-bond acceptors (Lipinski definition) is 1. The Bertz CT molecular complexity index is 235. The highest BCUT2D eigenvalue weighted by molar-refractivity contribution is 9.11. The van der Waals surface area contributed by atoms with Gasteiger partial charge < -0.3 is 5.11 Å². The lowest BCUT2D eigenvalue weighted by atomic mass is 10.2. The summed E-state index contributed by atoms with van der Waals surface area (Å²) in [5, 5.41) is 9.92. The average molecular weight is 266 g/mol. The largest absolute Gasteiger partial charge is 0.507 e. The van der Waals surface area contributed by atoms with Crippen molar-refractivity contribution in [3.63, 3.8) is 0 Å². The van der Waals surface area contributed by atoms with Gasteiger partial charge in [-0.3, -0.25) is 0 Å². The fraction of sp³-hybridized carbons (Fsp3) is 0.143. The van der Waals surface area contributed by atoms with Crippen LogP contribution in [0.1, 0.15) is 5.56 Å². The van der Waals surface area contributed by atoms with E-state index in [0.29, 0.717) is 0 Å². The van der Waals surface area contributed by atoms with Crippen molar-refractivity contribution in [1.29, 1.82) is 0 Å². The van der Waals surface area contributed by atoms with Crippen molar-refractivity contribution in [1.82, 2.24) is 0 Å². The summed E-state index contributed by atoms with van der Waals surface area (Å²) in [6.45, 7) is 0. The number of alkyl halides is 1. The summed E-state index contributed by atoms with van der Waals surface area (Å²) in [5.41, 5.74) is 1.06. The average Bonchev–Trinajstić information content (AvgIpc) is 1.95. The second-order valence-corrected chi connectivity index (χ2v) is 3.24. The molecule has 0 heterocycles. The van der Waals surface area contributed by atoms with E-state index in [1.54, 1.807) is 6.07 Å². The quantitative estimate of drug-likeness (QED) is 0.774. The molecule has 0 aliphatic carbocycles. The molecular formula is C7H6Br2O. The van der Waals surface area contributed by atoms with Crippen molar-refractivity contribution in [2.45, 2.75) is 5.33 Å². The van der Waals surface area contributed by atoms with Crippen LogP contribution in [0.5, 0.6) is 5.75 Å². The summed E-state index contributed by atoms with van der Waals surface area (Å²) in [5.74, 6) is 0.289. The molecule has 0 saturated carbocycles. The fourth-order valence-electron chi connectivity index (χ4n) is 0.669. The third-order valence-electron chi connectivity index (χ3n) is 1.20. The molecule has 54 valence electrons. The van der Waals surface area contributed by atoms with Crippen LogP contribution in [-0.4, -0.2) is 5.11 Å². The molecule has 0 unspecified atom stereocenters. The molecule has 0 amide bonds. The van der Waals surface area contributed by atoms with Crippen LogP contribution in [0, 0.1) is 0 Å². The zero-order valence-corrected chi connectivity index (χ0v) is 8.31. The number of rotatable bonds is 1. The molecule has 10 heavy (non-hydrogen) atoms. The molecule has 0 aromatic heterocycles. The van der Waals surface area contributed by atoms with Crippen LogP contribution < -0.4 is 0 Å². The van der Waals surface area contributed by atoms with Crippen molar-refractivity contribution in [3.8, 4) is 5.75 Å². The highest BCUT2D eigenvalue weighted by atomic mass is 79.9. The van der Waals surface area contributed by atoms with Crippen molar-refractivity contribution in [3.05, 3.63) is 28.2 Å². The minimum Gasteiger partial charge on any atom is -0.507 e. The van der Waals surface area contributed by atoms with Gasteiger partial charge in [-0.25, -0.2) is 0 Å². The van der Waals surface area contributed by atoms with Gasteiger partial charge in [-0.2, -0.15) is 0 Å². The topological polar surface area (TPSA) is 20.2 Å². The Morgan fingerprint density at radius 1 is 1.40 bits per heavy atom. The molecule has 3 heteroatoms. The Morgan fingerprint density at radius 2 is 2.10 bits per heavy atom. The van der Waals surface area contributed by atoms with Gasteiger partial charge in [0.15, 0.2) is 0 Å². The van der Waals surface area contributed by atoms with E-state index in [2.05, 4.69) is 31.9 Å². The molecule has 1 N–H and O–H groups in total. The second kappa shape index (κ2) is 3.39. The van der Waals surface area contributed by atoms with E-state index >= 15 is 0 Å². The summed E-state index contributed by atoms with van der Waals surface area (Å²) in [4.78, 5) is 0. The predicted octanol–water partition coefficient (Wildman–Crippen LogP) is 3.05. The van der Waals surface area contributed by atoms with Crippen LogP contribution in [0.15, 0.2) is 22.7 Å². The van der Waals surface area contributed by atoms with E-state index in [9.17, 15) is 0 Å². The van der Waals surface area contributed by atoms with Gasteiger partial charge in [0.2, 0.25) is 0 Å². The van der Waals surface area contributed by atoms with Crippen LogP contribution in [0.4, 0.5) is 0 Å². The normalized spacial score (nSPS) is 9.80. The second-order valence-electron chi connectivity index (χ2n) is 1.88. The van der Waals surface area contributed by atoms with Crippen LogP contribution in [0.2, 0.25) is 0 Å². The van der Waals surface area contributed by atoms with Gasteiger partial charge in [0, 0.05) is 5.33 Å². The van der Waals surface area contributed by atoms with Crippen LogP contribution >= 0.6 is 31.9 Å². The molecule has 0 atom stereocenters. The first-order valence-electron chi connectivity index (χ1n) is 2.78.